The van der Waals surface area contributed by atoms with Crippen molar-refractivity contribution in [3.63, 3.8) is 0 Å². The lowest BCUT2D eigenvalue weighted by atomic mass is 10.1. The Morgan fingerprint density at radius 1 is 1.19 bits per heavy atom. The van der Waals surface area contributed by atoms with Crippen LogP contribution in [0.15, 0.2) is 24.3 Å². The van der Waals surface area contributed by atoms with E-state index in [0.29, 0.717) is 13.0 Å². The minimum absolute atomic E-state index is 0.0161. The van der Waals surface area contributed by atoms with Gasteiger partial charge in [0, 0.05) is 25.6 Å². The molecule has 1 aromatic rings. The Kier molecular flexibility index (Phi) is 6.21. The number of amides is 1. The number of rotatable bonds is 6. The first-order valence-electron chi connectivity index (χ1n) is 7.96. The van der Waals surface area contributed by atoms with E-state index in [0.717, 1.165) is 12.1 Å². The van der Waals surface area contributed by atoms with Crippen LogP contribution in [0.3, 0.4) is 0 Å². The summed E-state index contributed by atoms with van der Waals surface area (Å²) in [5, 5.41) is 2.90. The number of hydrogen-bond donors (Lipinski definition) is 2. The van der Waals surface area contributed by atoms with Crippen LogP contribution < -0.4 is 11.1 Å². The van der Waals surface area contributed by atoms with Gasteiger partial charge in [-0.15, -0.1) is 0 Å². The van der Waals surface area contributed by atoms with Crippen LogP contribution in [0.2, 0.25) is 0 Å². The quantitative estimate of drug-likeness (QED) is 0.842. The maximum Gasteiger partial charge on any atom is 0.221 e. The van der Waals surface area contributed by atoms with E-state index in [1.807, 2.05) is 6.92 Å². The molecule has 1 unspecified atom stereocenters. The lowest BCUT2D eigenvalue weighted by molar-refractivity contribution is -0.121. The van der Waals surface area contributed by atoms with Crippen LogP contribution in [0.1, 0.15) is 43.7 Å². The van der Waals surface area contributed by atoms with Gasteiger partial charge in [0.25, 0.3) is 0 Å². The number of carbonyl (C=O) groups excluding carboxylic acids is 1. The molecule has 0 saturated carbocycles. The van der Waals surface area contributed by atoms with Crippen LogP contribution >= 0.6 is 0 Å². The van der Waals surface area contributed by atoms with E-state index in [9.17, 15) is 4.79 Å². The summed E-state index contributed by atoms with van der Waals surface area (Å²) in [7, 11) is 0. The number of carbonyl (C=O) groups is 1. The van der Waals surface area contributed by atoms with Gasteiger partial charge in [-0.25, -0.2) is 0 Å². The molecule has 1 amide bonds. The number of likely N-dealkylation sites (tertiary alicyclic amines) is 1. The van der Waals surface area contributed by atoms with Crippen molar-refractivity contribution in [2.75, 3.05) is 13.1 Å². The highest BCUT2D eigenvalue weighted by molar-refractivity contribution is 5.76. The van der Waals surface area contributed by atoms with Crippen LogP contribution in [0, 0.1) is 0 Å². The fraction of sp³-hybridized carbons (Fsp3) is 0.588. The Labute approximate surface area is 127 Å². The summed E-state index contributed by atoms with van der Waals surface area (Å²) in [6.45, 7) is 5.89. The van der Waals surface area contributed by atoms with Crippen LogP contribution in [-0.4, -0.2) is 29.9 Å². The Morgan fingerprint density at radius 2 is 1.81 bits per heavy atom. The molecule has 1 fully saturated rings. The first-order chi connectivity index (χ1) is 10.1. The van der Waals surface area contributed by atoms with Crippen molar-refractivity contribution >= 4 is 5.91 Å². The summed E-state index contributed by atoms with van der Waals surface area (Å²) < 4.78 is 0. The molecule has 0 radical (unpaired) electrons. The standard InChI is InChI=1S/C17H27N3O/c1-14(18)11-17(21)19-12-15-5-7-16(8-6-15)13-20-9-3-2-4-10-20/h5-8,14H,2-4,9-13,18H2,1H3,(H,19,21). The molecular formula is C17H27N3O. The fourth-order valence-electron chi connectivity index (χ4n) is 2.70. The summed E-state index contributed by atoms with van der Waals surface area (Å²) in [5.74, 6) is 0.0161. The van der Waals surface area contributed by atoms with Crippen LogP contribution in [0.5, 0.6) is 0 Å². The van der Waals surface area contributed by atoms with Gasteiger partial charge in [0.1, 0.15) is 0 Å². The van der Waals surface area contributed by atoms with E-state index in [4.69, 9.17) is 5.73 Å². The second kappa shape index (κ2) is 8.15. The van der Waals surface area contributed by atoms with E-state index in [1.165, 1.54) is 37.9 Å². The molecule has 4 heteroatoms. The van der Waals surface area contributed by atoms with E-state index < -0.39 is 0 Å². The first kappa shape index (κ1) is 16.0. The summed E-state index contributed by atoms with van der Waals surface area (Å²) in [4.78, 5) is 14.1. The van der Waals surface area contributed by atoms with Crippen molar-refractivity contribution < 1.29 is 4.79 Å². The number of hydrogen-bond acceptors (Lipinski definition) is 3. The second-order valence-electron chi connectivity index (χ2n) is 6.11. The molecule has 0 aliphatic carbocycles. The minimum atomic E-state index is -0.0862. The lowest BCUT2D eigenvalue weighted by Gasteiger charge is -2.26. The molecule has 1 heterocycles. The Balaban J connectivity index is 1.77. The molecule has 4 nitrogen and oxygen atoms in total. The Morgan fingerprint density at radius 3 is 2.43 bits per heavy atom. The van der Waals surface area contributed by atoms with E-state index >= 15 is 0 Å². The van der Waals surface area contributed by atoms with Crippen molar-refractivity contribution in [2.45, 2.75) is 51.7 Å². The average Bonchev–Trinajstić information content (AvgIpc) is 2.47. The number of nitrogens with one attached hydrogen (secondary N) is 1. The predicted octanol–water partition coefficient (Wildman–Crippen LogP) is 2.03. The molecule has 2 rings (SSSR count). The zero-order valence-corrected chi connectivity index (χ0v) is 13.0. The van der Waals surface area contributed by atoms with E-state index in [2.05, 4.69) is 34.5 Å². The summed E-state index contributed by atoms with van der Waals surface area (Å²) in [6.07, 6.45) is 4.40. The topological polar surface area (TPSA) is 58.4 Å². The lowest BCUT2D eigenvalue weighted by Crippen LogP contribution is -2.29. The highest BCUT2D eigenvalue weighted by Gasteiger charge is 2.10. The largest absolute Gasteiger partial charge is 0.352 e. The minimum Gasteiger partial charge on any atom is -0.352 e. The molecule has 21 heavy (non-hydrogen) atoms. The van der Waals surface area contributed by atoms with Crippen molar-refractivity contribution in [3.05, 3.63) is 35.4 Å². The Hall–Kier alpha value is -1.39. The van der Waals surface area contributed by atoms with Crippen molar-refractivity contribution in [1.29, 1.82) is 0 Å². The van der Waals surface area contributed by atoms with Gasteiger partial charge in [0.15, 0.2) is 0 Å². The van der Waals surface area contributed by atoms with Crippen LogP contribution in [0.25, 0.3) is 0 Å². The highest BCUT2D eigenvalue weighted by Crippen LogP contribution is 2.13. The molecule has 1 aromatic carbocycles. The maximum atomic E-state index is 11.6. The number of nitrogens with zero attached hydrogens (tertiary/aromatic N) is 1. The van der Waals surface area contributed by atoms with Gasteiger partial charge in [-0.2, -0.15) is 0 Å². The van der Waals surface area contributed by atoms with Gasteiger partial charge < -0.3 is 11.1 Å². The van der Waals surface area contributed by atoms with Gasteiger partial charge in [-0.3, -0.25) is 9.69 Å². The average molecular weight is 289 g/mol. The number of piperidine rings is 1. The van der Waals surface area contributed by atoms with Crippen molar-refractivity contribution in [3.8, 4) is 0 Å². The van der Waals surface area contributed by atoms with Gasteiger partial charge in [-0.05, 0) is 44.0 Å². The van der Waals surface area contributed by atoms with Gasteiger partial charge in [-0.1, -0.05) is 30.7 Å². The van der Waals surface area contributed by atoms with Crippen LogP contribution in [-0.2, 0) is 17.9 Å². The number of benzene rings is 1. The van der Waals surface area contributed by atoms with Crippen molar-refractivity contribution in [2.24, 2.45) is 5.73 Å². The smallest absolute Gasteiger partial charge is 0.221 e. The van der Waals surface area contributed by atoms with Crippen molar-refractivity contribution in [1.82, 2.24) is 10.2 Å². The molecule has 1 atom stereocenters. The summed E-state index contributed by atoms with van der Waals surface area (Å²) in [6, 6.07) is 8.46. The second-order valence-corrected chi connectivity index (χ2v) is 6.11. The first-order valence-corrected chi connectivity index (χ1v) is 7.96. The monoisotopic (exact) mass is 289 g/mol. The normalized spacial score (nSPS) is 17.4. The summed E-state index contributed by atoms with van der Waals surface area (Å²) >= 11 is 0. The third-order valence-corrected chi connectivity index (χ3v) is 3.87. The SMILES string of the molecule is CC(N)CC(=O)NCc1ccc(CN2CCCCC2)cc1. The maximum absolute atomic E-state index is 11.6. The molecule has 116 valence electrons. The Bertz CT molecular complexity index is 436. The van der Waals surface area contributed by atoms with E-state index in [-0.39, 0.29) is 11.9 Å². The van der Waals surface area contributed by atoms with Gasteiger partial charge >= 0.3 is 0 Å². The summed E-state index contributed by atoms with van der Waals surface area (Å²) in [5.41, 5.74) is 8.09. The van der Waals surface area contributed by atoms with Crippen LogP contribution in [0.4, 0.5) is 0 Å². The predicted molar refractivity (Wildman–Crippen MR) is 85.7 cm³/mol. The molecule has 1 aliphatic rings. The third-order valence-electron chi connectivity index (χ3n) is 3.87. The van der Waals surface area contributed by atoms with Gasteiger partial charge in [0.2, 0.25) is 5.91 Å². The third kappa shape index (κ3) is 5.86. The fourth-order valence-corrected chi connectivity index (χ4v) is 2.70. The zero-order chi connectivity index (χ0) is 15.1. The number of nitrogens with two attached hydrogens (primary N) is 1. The highest BCUT2D eigenvalue weighted by atomic mass is 16.1. The zero-order valence-electron chi connectivity index (χ0n) is 13.0. The van der Waals surface area contributed by atoms with Gasteiger partial charge in [0.05, 0.1) is 0 Å². The molecule has 0 bridgehead atoms. The van der Waals surface area contributed by atoms with E-state index in [1.54, 1.807) is 0 Å². The molecule has 1 aliphatic heterocycles. The molecule has 0 spiro atoms. The molecule has 3 N–H and O–H groups in total. The molecular weight excluding hydrogens is 262 g/mol. The molecule has 0 aromatic heterocycles. The molecule has 1 saturated heterocycles.